The fraction of sp³-hybridized carbons (Fsp3) is 0.333. The maximum atomic E-state index is 12.1. The molecule has 0 aliphatic carbocycles. The molecule has 1 aromatic rings. The molecule has 132 valence electrons. The van der Waals surface area contributed by atoms with Gasteiger partial charge in [-0.05, 0) is 38.0 Å². The Morgan fingerprint density at radius 3 is 2.20 bits per heavy atom. The molecule has 10 nitrogen and oxygen atoms in total. The molecule has 0 aromatic heterocycles. The molecule has 1 fully saturated rings. The van der Waals surface area contributed by atoms with Crippen molar-refractivity contribution in [1.29, 1.82) is 0 Å². The number of hydrogen-bond donors (Lipinski definition) is 1. The van der Waals surface area contributed by atoms with Gasteiger partial charge in [-0.1, -0.05) is 0 Å². The maximum absolute atomic E-state index is 12.1. The van der Waals surface area contributed by atoms with E-state index in [1.165, 1.54) is 19.1 Å². The third-order valence-corrected chi connectivity index (χ3v) is 3.84. The first-order valence-electron chi connectivity index (χ1n) is 7.40. The molecule has 25 heavy (non-hydrogen) atoms. The summed E-state index contributed by atoms with van der Waals surface area (Å²) >= 11 is 0. The molecule has 1 aliphatic rings. The third kappa shape index (κ3) is 3.32. The molecule has 1 N–H and O–H groups in total. The molecule has 0 saturated carbocycles. The van der Waals surface area contributed by atoms with Crippen LogP contribution in [-0.4, -0.2) is 51.6 Å². The number of likely N-dealkylation sites (N-methyl/N-ethyl adjacent to an activating group) is 1. The predicted octanol–water partition coefficient (Wildman–Crippen LogP) is 0.961. The van der Waals surface area contributed by atoms with E-state index in [9.17, 15) is 29.3 Å². The molecule has 0 radical (unpaired) electrons. The number of imide groups is 2. The Kier molecular flexibility index (Phi) is 4.82. The van der Waals surface area contributed by atoms with E-state index in [2.05, 4.69) is 5.32 Å². The number of benzene rings is 1. The van der Waals surface area contributed by atoms with Crippen LogP contribution in [0.2, 0.25) is 0 Å². The van der Waals surface area contributed by atoms with Gasteiger partial charge in [0.1, 0.15) is 12.2 Å². The fourth-order valence-corrected chi connectivity index (χ4v) is 2.35. The van der Waals surface area contributed by atoms with E-state index in [0.29, 0.717) is 15.4 Å². The second-order valence-electron chi connectivity index (χ2n) is 5.48. The highest BCUT2D eigenvalue weighted by atomic mass is 16.6. The van der Waals surface area contributed by atoms with Crippen molar-refractivity contribution in [2.75, 3.05) is 18.4 Å². The molecular weight excluding hydrogens is 332 g/mol. The summed E-state index contributed by atoms with van der Waals surface area (Å²) in [4.78, 5) is 59.2. The topological polar surface area (TPSA) is 130 Å². The van der Waals surface area contributed by atoms with Crippen molar-refractivity contribution in [3.05, 3.63) is 33.4 Å². The molecule has 0 unspecified atom stereocenters. The lowest BCUT2D eigenvalue weighted by Crippen LogP contribution is -2.39. The first-order chi connectivity index (χ1) is 11.7. The van der Waals surface area contributed by atoms with Crippen molar-refractivity contribution in [2.45, 2.75) is 20.8 Å². The van der Waals surface area contributed by atoms with Gasteiger partial charge in [0.05, 0.1) is 4.92 Å². The first-order valence-corrected chi connectivity index (χ1v) is 7.40. The highest BCUT2D eigenvalue weighted by Gasteiger charge is 2.44. The van der Waals surface area contributed by atoms with E-state index < -0.39 is 35.2 Å². The van der Waals surface area contributed by atoms with Crippen molar-refractivity contribution in [3.8, 4) is 0 Å². The summed E-state index contributed by atoms with van der Waals surface area (Å²) in [5.41, 5.74) is 1.05. The minimum Gasteiger partial charge on any atom is -0.319 e. The van der Waals surface area contributed by atoms with Crippen LogP contribution in [0.25, 0.3) is 0 Å². The molecule has 5 amide bonds. The second-order valence-corrected chi connectivity index (χ2v) is 5.48. The van der Waals surface area contributed by atoms with Gasteiger partial charge in [-0.3, -0.25) is 29.4 Å². The number of rotatable bonds is 5. The number of carbonyl (C=O) groups is 4. The molecule has 0 spiro atoms. The van der Waals surface area contributed by atoms with Crippen molar-refractivity contribution in [1.82, 2.24) is 9.80 Å². The average molecular weight is 348 g/mol. The summed E-state index contributed by atoms with van der Waals surface area (Å²) in [7, 11) is 0. The van der Waals surface area contributed by atoms with E-state index in [1.807, 2.05) is 0 Å². The Hall–Kier alpha value is -3.30. The molecule has 10 heteroatoms. The number of aryl methyl sites for hydroxylation is 2. The van der Waals surface area contributed by atoms with Crippen LogP contribution < -0.4 is 5.32 Å². The summed E-state index contributed by atoms with van der Waals surface area (Å²) in [5, 5.41) is 13.4. The van der Waals surface area contributed by atoms with Gasteiger partial charge in [0.15, 0.2) is 0 Å². The molecule has 1 heterocycles. The van der Waals surface area contributed by atoms with Crippen LogP contribution in [0.1, 0.15) is 18.1 Å². The standard InChI is InChI=1S/C15H16N4O6/c1-4-17-13(21)14(22)18(15(17)23)7-12(20)16-10-5-8(2)9(3)6-11(10)19(24)25/h5-6H,4,7H2,1-3H3,(H,16,20). The largest absolute Gasteiger partial charge is 0.334 e. The third-order valence-electron chi connectivity index (χ3n) is 3.84. The van der Waals surface area contributed by atoms with Gasteiger partial charge in [-0.25, -0.2) is 9.69 Å². The molecule has 2 rings (SSSR count). The van der Waals surface area contributed by atoms with Crippen molar-refractivity contribution in [3.63, 3.8) is 0 Å². The summed E-state index contributed by atoms with van der Waals surface area (Å²) in [6.07, 6.45) is 0. The number of hydrogen-bond acceptors (Lipinski definition) is 6. The van der Waals surface area contributed by atoms with Crippen LogP contribution >= 0.6 is 0 Å². The van der Waals surface area contributed by atoms with E-state index >= 15 is 0 Å². The van der Waals surface area contributed by atoms with Crippen LogP contribution in [0.5, 0.6) is 0 Å². The predicted molar refractivity (Wildman–Crippen MR) is 85.7 cm³/mol. The summed E-state index contributed by atoms with van der Waals surface area (Å²) in [6, 6.07) is 1.87. The van der Waals surface area contributed by atoms with Crippen LogP contribution in [0.15, 0.2) is 12.1 Å². The van der Waals surface area contributed by atoms with Crippen LogP contribution in [-0.2, 0) is 14.4 Å². The van der Waals surface area contributed by atoms with Gasteiger partial charge < -0.3 is 5.32 Å². The molecule has 0 bridgehead atoms. The molecule has 0 atom stereocenters. The highest BCUT2D eigenvalue weighted by Crippen LogP contribution is 2.28. The lowest BCUT2D eigenvalue weighted by molar-refractivity contribution is -0.384. The zero-order valence-electron chi connectivity index (χ0n) is 13.9. The summed E-state index contributed by atoms with van der Waals surface area (Å²) in [5.74, 6) is -2.92. The smallest absolute Gasteiger partial charge is 0.319 e. The van der Waals surface area contributed by atoms with Gasteiger partial charge in [-0.2, -0.15) is 0 Å². The zero-order chi connectivity index (χ0) is 18.9. The van der Waals surface area contributed by atoms with Crippen molar-refractivity contribution >= 4 is 35.1 Å². The quantitative estimate of drug-likeness (QED) is 0.365. The minimum atomic E-state index is -1.10. The van der Waals surface area contributed by atoms with E-state index in [1.54, 1.807) is 13.8 Å². The van der Waals surface area contributed by atoms with Gasteiger partial charge in [-0.15, -0.1) is 0 Å². The maximum Gasteiger partial charge on any atom is 0.334 e. The monoisotopic (exact) mass is 348 g/mol. The molecular formula is C15H16N4O6. The fourth-order valence-electron chi connectivity index (χ4n) is 2.35. The number of nitro benzene ring substituents is 1. The van der Waals surface area contributed by atoms with Crippen LogP contribution in [0, 0.1) is 24.0 Å². The number of anilines is 1. The number of nitrogens with one attached hydrogen (secondary N) is 1. The van der Waals surface area contributed by atoms with Gasteiger partial charge in [0, 0.05) is 12.6 Å². The van der Waals surface area contributed by atoms with Crippen molar-refractivity contribution in [2.24, 2.45) is 0 Å². The number of nitro groups is 1. The number of nitrogens with zero attached hydrogens (tertiary/aromatic N) is 3. The lowest BCUT2D eigenvalue weighted by atomic mass is 10.1. The SMILES string of the molecule is CCN1C(=O)C(=O)N(CC(=O)Nc2cc(C)c(C)cc2[N+](=O)[O-])C1=O. The summed E-state index contributed by atoms with van der Waals surface area (Å²) in [6.45, 7) is 4.24. The molecule has 1 saturated heterocycles. The Balaban J connectivity index is 2.20. The van der Waals surface area contributed by atoms with E-state index in [-0.39, 0.29) is 17.9 Å². The van der Waals surface area contributed by atoms with Gasteiger partial charge in [0.2, 0.25) is 5.91 Å². The van der Waals surface area contributed by atoms with Crippen molar-refractivity contribution < 1.29 is 24.1 Å². The van der Waals surface area contributed by atoms with E-state index in [0.717, 1.165) is 5.56 Å². The molecule has 1 aliphatic heterocycles. The van der Waals surface area contributed by atoms with Gasteiger partial charge >= 0.3 is 17.8 Å². The zero-order valence-corrected chi connectivity index (χ0v) is 13.9. The van der Waals surface area contributed by atoms with E-state index in [4.69, 9.17) is 0 Å². The molecule has 1 aromatic carbocycles. The highest BCUT2D eigenvalue weighted by molar-refractivity contribution is 6.45. The number of carbonyl (C=O) groups excluding carboxylic acids is 4. The van der Waals surface area contributed by atoms with Gasteiger partial charge in [0.25, 0.3) is 5.69 Å². The lowest BCUT2D eigenvalue weighted by Gasteiger charge is -2.14. The van der Waals surface area contributed by atoms with Crippen LogP contribution in [0.3, 0.4) is 0 Å². The average Bonchev–Trinajstić information content (AvgIpc) is 2.73. The normalized spacial score (nSPS) is 14.3. The Labute approximate surface area is 142 Å². The number of amides is 5. The Morgan fingerprint density at radius 2 is 1.68 bits per heavy atom. The van der Waals surface area contributed by atoms with Crippen LogP contribution in [0.4, 0.5) is 16.2 Å². The Bertz CT molecular complexity index is 803. The minimum absolute atomic E-state index is 0.00412. The number of urea groups is 1. The Morgan fingerprint density at radius 1 is 1.12 bits per heavy atom. The summed E-state index contributed by atoms with van der Waals surface area (Å²) < 4.78 is 0. The first kappa shape index (κ1) is 18.0. The second kappa shape index (κ2) is 6.67.